The number of hydrogen-bond acceptors (Lipinski definition) is 5. The lowest BCUT2D eigenvalue weighted by atomic mass is 9.57. The van der Waals surface area contributed by atoms with Crippen molar-refractivity contribution >= 4 is 33.3 Å². The Morgan fingerprint density at radius 3 is 2.64 bits per heavy atom. The quantitative estimate of drug-likeness (QED) is 0.401. The molecule has 0 bridgehead atoms. The van der Waals surface area contributed by atoms with E-state index in [1.165, 1.54) is 27.1 Å². The van der Waals surface area contributed by atoms with Crippen molar-refractivity contribution in [1.29, 1.82) is 0 Å². The van der Waals surface area contributed by atoms with Crippen molar-refractivity contribution in [1.82, 2.24) is 24.1 Å². The van der Waals surface area contributed by atoms with Gasteiger partial charge in [0.2, 0.25) is 0 Å². The number of carbonyl (C=O) groups is 1. The molecule has 172 valence electrons. The molecule has 1 aromatic carbocycles. The van der Waals surface area contributed by atoms with E-state index in [1.54, 1.807) is 11.3 Å². The summed E-state index contributed by atoms with van der Waals surface area (Å²) in [7, 11) is 1.96. The molecular weight excluding hydrogens is 434 g/mol. The Morgan fingerprint density at radius 1 is 1.18 bits per heavy atom. The second kappa shape index (κ2) is 6.82. The molecule has 1 amide bonds. The van der Waals surface area contributed by atoms with Gasteiger partial charge in [0.1, 0.15) is 5.60 Å². The minimum atomic E-state index is -0.439. The lowest BCUT2D eigenvalue weighted by Gasteiger charge is -2.58. The number of aromatic nitrogens is 4. The number of benzene rings is 1. The maximum absolute atomic E-state index is 12.2. The first-order valence-electron chi connectivity index (χ1n) is 11.5. The average molecular weight is 464 g/mol. The van der Waals surface area contributed by atoms with Crippen LogP contribution in [0.5, 0.6) is 0 Å². The van der Waals surface area contributed by atoms with Crippen LogP contribution in [0, 0.1) is 12.3 Å². The molecule has 6 rings (SSSR count). The number of ether oxygens (including phenoxy) is 1. The second-order valence-corrected chi connectivity index (χ2v) is 11.9. The highest BCUT2D eigenvalue weighted by Crippen LogP contribution is 2.56. The Hall–Kier alpha value is -2.87. The molecule has 1 aliphatic heterocycles. The van der Waals surface area contributed by atoms with Crippen molar-refractivity contribution in [3.63, 3.8) is 0 Å². The Labute approximate surface area is 197 Å². The van der Waals surface area contributed by atoms with E-state index in [1.807, 2.05) is 37.4 Å². The van der Waals surface area contributed by atoms with Gasteiger partial charge in [-0.1, -0.05) is 11.3 Å². The number of hydrogen-bond donors (Lipinski definition) is 0. The Bertz CT molecular complexity index is 1360. The van der Waals surface area contributed by atoms with Crippen molar-refractivity contribution in [3.05, 3.63) is 42.0 Å². The SMILES string of the molecule is Cc1cc(-c2cn3cc(C4CC5(C4)CN(C(=O)OC(C)(C)C)C5)nc3s2)cc2cn(C)nc12. The topological polar surface area (TPSA) is 64.7 Å². The molecule has 33 heavy (non-hydrogen) atoms. The minimum absolute atomic E-state index is 0.189. The molecule has 1 spiro atoms. The molecule has 0 unspecified atom stereocenters. The van der Waals surface area contributed by atoms with Crippen LogP contribution in [0.4, 0.5) is 4.79 Å². The predicted octanol–water partition coefficient (Wildman–Crippen LogP) is 5.37. The number of thiazole rings is 1. The molecule has 3 aromatic heterocycles. The van der Waals surface area contributed by atoms with Crippen molar-refractivity contribution in [2.24, 2.45) is 12.5 Å². The van der Waals surface area contributed by atoms with Crippen LogP contribution in [0.1, 0.15) is 50.8 Å². The van der Waals surface area contributed by atoms with Crippen LogP contribution in [-0.4, -0.2) is 48.8 Å². The molecule has 1 aliphatic carbocycles. The fourth-order valence-electron chi connectivity index (χ4n) is 5.39. The van der Waals surface area contributed by atoms with Crippen LogP contribution >= 0.6 is 11.3 Å². The van der Waals surface area contributed by atoms with Crippen LogP contribution < -0.4 is 0 Å². The van der Waals surface area contributed by atoms with E-state index in [4.69, 9.17) is 9.72 Å². The van der Waals surface area contributed by atoms with Gasteiger partial charge in [0.25, 0.3) is 0 Å². The summed E-state index contributed by atoms with van der Waals surface area (Å²) in [4.78, 5) is 21.3. The minimum Gasteiger partial charge on any atom is -0.444 e. The first kappa shape index (κ1) is 20.7. The highest BCUT2D eigenvalue weighted by molar-refractivity contribution is 7.20. The molecule has 8 heteroatoms. The van der Waals surface area contributed by atoms with E-state index >= 15 is 0 Å². The number of carbonyl (C=O) groups excluding carboxylic acids is 1. The molecule has 1 saturated heterocycles. The molecule has 0 N–H and O–H groups in total. The fourth-order valence-corrected chi connectivity index (χ4v) is 6.35. The Balaban J connectivity index is 1.14. The maximum atomic E-state index is 12.2. The zero-order valence-electron chi connectivity index (χ0n) is 19.8. The number of amides is 1. The number of fused-ring (bicyclic) bond motifs is 2. The van der Waals surface area contributed by atoms with Gasteiger partial charge < -0.3 is 9.64 Å². The third kappa shape index (κ3) is 3.51. The van der Waals surface area contributed by atoms with E-state index in [0.29, 0.717) is 5.92 Å². The summed E-state index contributed by atoms with van der Waals surface area (Å²) in [6.07, 6.45) is 8.45. The first-order valence-corrected chi connectivity index (χ1v) is 12.3. The molecule has 4 aromatic rings. The Morgan fingerprint density at radius 2 is 1.94 bits per heavy atom. The second-order valence-electron chi connectivity index (χ2n) is 10.9. The van der Waals surface area contributed by atoms with Gasteiger partial charge in [-0.3, -0.25) is 9.08 Å². The normalized spacial score (nSPS) is 18.2. The smallest absolute Gasteiger partial charge is 0.410 e. The molecule has 0 radical (unpaired) electrons. The third-order valence-electron chi connectivity index (χ3n) is 6.85. The van der Waals surface area contributed by atoms with Gasteiger partial charge in [-0.05, 0) is 63.8 Å². The maximum Gasteiger partial charge on any atom is 0.410 e. The van der Waals surface area contributed by atoms with Crippen LogP contribution in [0.2, 0.25) is 0 Å². The van der Waals surface area contributed by atoms with Gasteiger partial charge >= 0.3 is 6.09 Å². The summed E-state index contributed by atoms with van der Waals surface area (Å²) < 4.78 is 9.53. The van der Waals surface area contributed by atoms with E-state index in [0.717, 1.165) is 36.4 Å². The van der Waals surface area contributed by atoms with Crippen molar-refractivity contribution in [2.45, 2.75) is 52.1 Å². The lowest BCUT2D eigenvalue weighted by molar-refractivity contribution is -0.0791. The summed E-state index contributed by atoms with van der Waals surface area (Å²) in [6, 6.07) is 4.43. The molecule has 2 fully saturated rings. The molecular formula is C25H29N5O2S. The van der Waals surface area contributed by atoms with Gasteiger partial charge in [0.05, 0.1) is 16.1 Å². The summed E-state index contributed by atoms with van der Waals surface area (Å²) >= 11 is 1.73. The molecule has 2 aliphatic rings. The summed E-state index contributed by atoms with van der Waals surface area (Å²) in [6.45, 7) is 9.46. The van der Waals surface area contributed by atoms with Crippen molar-refractivity contribution in [2.75, 3.05) is 13.1 Å². The van der Waals surface area contributed by atoms with Gasteiger partial charge in [-0.2, -0.15) is 5.10 Å². The number of nitrogens with zero attached hydrogens (tertiary/aromatic N) is 5. The fraction of sp³-hybridized carbons (Fsp3) is 0.480. The number of aryl methyl sites for hydroxylation is 2. The van der Waals surface area contributed by atoms with Crippen molar-refractivity contribution in [3.8, 4) is 10.4 Å². The lowest BCUT2D eigenvalue weighted by Crippen LogP contribution is -2.63. The Kier molecular flexibility index (Phi) is 4.28. The third-order valence-corrected chi connectivity index (χ3v) is 7.90. The van der Waals surface area contributed by atoms with Gasteiger partial charge in [0.15, 0.2) is 4.96 Å². The standard InChI is InChI=1S/C25H29N5O2S/c1-15-6-16(7-17-10-28(5)27-21(15)17)20-12-29-11-19(26-22(29)33-20)18-8-25(9-18)13-30(14-25)23(31)32-24(2,3)4/h6-7,10-12,18H,8-9,13-14H2,1-5H3. The van der Waals surface area contributed by atoms with Gasteiger partial charge in [-0.25, -0.2) is 9.78 Å². The summed E-state index contributed by atoms with van der Waals surface area (Å²) in [5, 5.41) is 5.72. The highest BCUT2D eigenvalue weighted by Gasteiger charge is 2.55. The zero-order valence-corrected chi connectivity index (χ0v) is 20.6. The summed E-state index contributed by atoms with van der Waals surface area (Å²) in [5.41, 5.74) is 4.46. The predicted molar refractivity (Wildman–Crippen MR) is 130 cm³/mol. The average Bonchev–Trinajstić information content (AvgIpc) is 3.30. The van der Waals surface area contributed by atoms with E-state index in [9.17, 15) is 4.79 Å². The highest BCUT2D eigenvalue weighted by atomic mass is 32.1. The number of likely N-dealkylation sites (tertiary alicyclic amines) is 1. The van der Waals surface area contributed by atoms with E-state index in [2.05, 4.69) is 47.1 Å². The van der Waals surface area contributed by atoms with E-state index < -0.39 is 5.60 Å². The summed E-state index contributed by atoms with van der Waals surface area (Å²) in [5.74, 6) is 0.482. The van der Waals surface area contributed by atoms with Crippen molar-refractivity contribution < 1.29 is 9.53 Å². The molecule has 4 heterocycles. The molecule has 0 atom stereocenters. The zero-order chi connectivity index (χ0) is 23.1. The number of rotatable bonds is 2. The van der Waals surface area contributed by atoms with Crippen LogP contribution in [0.25, 0.3) is 26.3 Å². The molecule has 7 nitrogen and oxygen atoms in total. The largest absolute Gasteiger partial charge is 0.444 e. The monoisotopic (exact) mass is 463 g/mol. The first-order chi connectivity index (χ1) is 15.6. The number of imidazole rings is 1. The van der Waals surface area contributed by atoms with E-state index in [-0.39, 0.29) is 11.5 Å². The van der Waals surface area contributed by atoms with Gasteiger partial charge in [0, 0.05) is 55.4 Å². The molecule has 1 saturated carbocycles. The van der Waals surface area contributed by atoms with Crippen LogP contribution in [-0.2, 0) is 11.8 Å². The van der Waals surface area contributed by atoms with Gasteiger partial charge in [-0.15, -0.1) is 0 Å². The van der Waals surface area contributed by atoms with Crippen LogP contribution in [0.3, 0.4) is 0 Å². The van der Waals surface area contributed by atoms with Crippen LogP contribution in [0.15, 0.2) is 30.7 Å².